The van der Waals surface area contributed by atoms with Crippen molar-refractivity contribution in [3.8, 4) is 0 Å². The van der Waals surface area contributed by atoms with E-state index < -0.39 is 5.60 Å². The number of aromatic nitrogens is 1. The van der Waals surface area contributed by atoms with Crippen LogP contribution in [0.3, 0.4) is 0 Å². The Balaban J connectivity index is 1.45. The molecule has 2 bridgehead atoms. The first-order valence-electron chi connectivity index (χ1n) is 9.75. The SMILES string of the molecule is C[C@H]1CCCCN1C(=O)CN1[C@@H]2CC[C@H]1CC(O)(c1cccnc1)C2. The van der Waals surface area contributed by atoms with E-state index in [1.165, 1.54) is 6.42 Å². The minimum absolute atomic E-state index is 0.274. The predicted octanol–water partition coefficient (Wildman–Crippen LogP) is 2.30. The fourth-order valence-corrected chi connectivity index (χ4v) is 5.16. The number of likely N-dealkylation sites (tertiary alicyclic amines) is 1. The zero-order valence-corrected chi connectivity index (χ0v) is 15.1. The number of carbonyl (C=O) groups excluding carboxylic acids is 1. The molecule has 1 unspecified atom stereocenters. The molecule has 1 aromatic rings. The van der Waals surface area contributed by atoms with Gasteiger partial charge in [0.1, 0.15) is 0 Å². The van der Waals surface area contributed by atoms with Crippen molar-refractivity contribution in [3.05, 3.63) is 30.1 Å². The second-order valence-corrected chi connectivity index (χ2v) is 8.17. The molecule has 5 heteroatoms. The van der Waals surface area contributed by atoms with E-state index in [4.69, 9.17) is 0 Å². The van der Waals surface area contributed by atoms with Gasteiger partial charge in [0.15, 0.2) is 0 Å². The number of hydrogen-bond acceptors (Lipinski definition) is 4. The first-order valence-corrected chi connectivity index (χ1v) is 9.75. The van der Waals surface area contributed by atoms with Gasteiger partial charge in [-0.25, -0.2) is 0 Å². The zero-order valence-electron chi connectivity index (χ0n) is 15.1. The zero-order chi connectivity index (χ0) is 17.4. The first-order chi connectivity index (χ1) is 12.1. The molecular weight excluding hydrogens is 314 g/mol. The van der Waals surface area contributed by atoms with Gasteiger partial charge in [-0.3, -0.25) is 14.7 Å². The maximum absolute atomic E-state index is 12.8. The van der Waals surface area contributed by atoms with Crippen LogP contribution < -0.4 is 0 Å². The Kier molecular flexibility index (Phi) is 4.54. The molecule has 0 aromatic carbocycles. The van der Waals surface area contributed by atoms with E-state index in [2.05, 4.69) is 21.7 Å². The van der Waals surface area contributed by atoms with Crippen molar-refractivity contribution < 1.29 is 9.90 Å². The number of pyridine rings is 1. The predicted molar refractivity (Wildman–Crippen MR) is 95.9 cm³/mol. The highest BCUT2D eigenvalue weighted by Crippen LogP contribution is 2.45. The number of fused-ring (bicyclic) bond motifs is 2. The molecule has 1 N–H and O–H groups in total. The highest BCUT2D eigenvalue weighted by Gasteiger charge is 2.49. The maximum atomic E-state index is 12.8. The summed E-state index contributed by atoms with van der Waals surface area (Å²) in [6.07, 6.45) is 10.6. The van der Waals surface area contributed by atoms with Gasteiger partial charge in [-0.2, -0.15) is 0 Å². The molecule has 5 nitrogen and oxygen atoms in total. The summed E-state index contributed by atoms with van der Waals surface area (Å²) in [7, 11) is 0. The summed E-state index contributed by atoms with van der Waals surface area (Å²) in [4.78, 5) is 21.5. The van der Waals surface area contributed by atoms with Gasteiger partial charge in [-0.1, -0.05) is 6.07 Å². The summed E-state index contributed by atoms with van der Waals surface area (Å²) in [5.41, 5.74) is 0.125. The highest BCUT2D eigenvalue weighted by molar-refractivity contribution is 5.78. The third-order valence-corrected chi connectivity index (χ3v) is 6.56. The molecule has 1 amide bonds. The molecule has 0 saturated carbocycles. The van der Waals surface area contributed by atoms with E-state index in [9.17, 15) is 9.90 Å². The van der Waals surface area contributed by atoms with Gasteiger partial charge in [-0.15, -0.1) is 0 Å². The van der Waals surface area contributed by atoms with Crippen LogP contribution >= 0.6 is 0 Å². The largest absolute Gasteiger partial charge is 0.385 e. The van der Waals surface area contributed by atoms with Crippen molar-refractivity contribution in [3.63, 3.8) is 0 Å². The number of piperidine rings is 2. The Morgan fingerprint density at radius 2 is 2.04 bits per heavy atom. The van der Waals surface area contributed by atoms with Crippen LogP contribution in [0.15, 0.2) is 24.5 Å². The topological polar surface area (TPSA) is 56.7 Å². The molecule has 3 aliphatic rings. The van der Waals surface area contributed by atoms with Crippen LogP contribution in [0.5, 0.6) is 0 Å². The number of carbonyl (C=O) groups is 1. The Bertz CT molecular complexity index is 607. The van der Waals surface area contributed by atoms with Crippen LogP contribution in [0, 0.1) is 0 Å². The lowest BCUT2D eigenvalue weighted by molar-refractivity contribution is -0.139. The Hall–Kier alpha value is -1.46. The van der Waals surface area contributed by atoms with Crippen LogP contribution in [0.4, 0.5) is 0 Å². The lowest BCUT2D eigenvalue weighted by atomic mass is 9.81. The average Bonchev–Trinajstić information content (AvgIpc) is 2.87. The van der Waals surface area contributed by atoms with Crippen molar-refractivity contribution >= 4 is 5.91 Å². The van der Waals surface area contributed by atoms with Gasteiger partial charge in [0, 0.05) is 42.6 Å². The Morgan fingerprint density at radius 1 is 1.28 bits per heavy atom. The standard InChI is InChI=1S/C20H29N3O2/c1-15-5-2-3-10-22(15)19(24)14-23-17-7-8-18(23)12-20(25,11-17)16-6-4-9-21-13-16/h4,6,9,13,15,17-18,25H,2-3,5,7-8,10-12,14H2,1H3/t15-,17-,18+,20?/m0/s1. The van der Waals surface area contributed by atoms with Gasteiger partial charge in [0.2, 0.25) is 5.91 Å². The number of hydrogen-bond donors (Lipinski definition) is 1. The number of amides is 1. The summed E-state index contributed by atoms with van der Waals surface area (Å²) >= 11 is 0. The molecule has 1 aromatic heterocycles. The van der Waals surface area contributed by atoms with Crippen LogP contribution in [0.2, 0.25) is 0 Å². The highest BCUT2D eigenvalue weighted by atomic mass is 16.3. The van der Waals surface area contributed by atoms with Crippen molar-refractivity contribution in [2.45, 2.75) is 75.6 Å². The minimum atomic E-state index is -0.794. The Morgan fingerprint density at radius 3 is 2.68 bits per heavy atom. The van der Waals surface area contributed by atoms with Crippen LogP contribution in [-0.4, -0.2) is 57.0 Å². The fourth-order valence-electron chi connectivity index (χ4n) is 5.16. The molecule has 4 rings (SSSR count). The van der Waals surface area contributed by atoms with Crippen molar-refractivity contribution in [2.75, 3.05) is 13.1 Å². The van der Waals surface area contributed by atoms with Crippen LogP contribution in [-0.2, 0) is 10.4 Å². The molecule has 4 atom stereocenters. The fraction of sp³-hybridized carbons (Fsp3) is 0.700. The molecular formula is C20H29N3O2. The first kappa shape index (κ1) is 17.0. The number of rotatable bonds is 3. The van der Waals surface area contributed by atoms with Gasteiger partial charge >= 0.3 is 0 Å². The van der Waals surface area contributed by atoms with Gasteiger partial charge in [0.05, 0.1) is 12.1 Å². The molecule has 136 valence electrons. The summed E-state index contributed by atoms with van der Waals surface area (Å²) in [5, 5.41) is 11.2. The molecule has 4 heterocycles. The summed E-state index contributed by atoms with van der Waals surface area (Å²) in [6.45, 7) is 3.59. The lowest BCUT2D eigenvalue weighted by Crippen LogP contribution is -2.54. The second-order valence-electron chi connectivity index (χ2n) is 8.17. The summed E-state index contributed by atoms with van der Waals surface area (Å²) < 4.78 is 0. The average molecular weight is 343 g/mol. The van der Waals surface area contributed by atoms with E-state index in [0.717, 1.165) is 37.8 Å². The molecule has 0 radical (unpaired) electrons. The molecule has 3 aliphatic heterocycles. The second kappa shape index (κ2) is 6.69. The number of aliphatic hydroxyl groups is 1. The minimum Gasteiger partial charge on any atom is -0.385 e. The summed E-state index contributed by atoms with van der Waals surface area (Å²) in [5.74, 6) is 0.274. The molecule has 0 spiro atoms. The van der Waals surface area contributed by atoms with E-state index >= 15 is 0 Å². The van der Waals surface area contributed by atoms with Crippen LogP contribution in [0.25, 0.3) is 0 Å². The lowest BCUT2D eigenvalue weighted by Gasteiger charge is -2.44. The number of nitrogens with zero attached hydrogens (tertiary/aromatic N) is 3. The molecule has 0 aliphatic carbocycles. The third-order valence-electron chi connectivity index (χ3n) is 6.56. The van der Waals surface area contributed by atoms with Crippen molar-refractivity contribution in [1.82, 2.24) is 14.8 Å². The normalized spacial score (nSPS) is 35.8. The summed E-state index contributed by atoms with van der Waals surface area (Å²) in [6, 6.07) is 4.84. The molecule has 3 fully saturated rings. The van der Waals surface area contributed by atoms with E-state index in [0.29, 0.717) is 37.5 Å². The van der Waals surface area contributed by atoms with Gasteiger partial charge < -0.3 is 10.0 Å². The van der Waals surface area contributed by atoms with Crippen LogP contribution in [0.1, 0.15) is 57.4 Å². The third kappa shape index (κ3) is 3.20. The van der Waals surface area contributed by atoms with E-state index in [1.54, 1.807) is 12.4 Å². The van der Waals surface area contributed by atoms with Crippen molar-refractivity contribution in [1.29, 1.82) is 0 Å². The monoisotopic (exact) mass is 343 g/mol. The molecule has 3 saturated heterocycles. The molecule has 25 heavy (non-hydrogen) atoms. The van der Waals surface area contributed by atoms with E-state index in [-0.39, 0.29) is 5.91 Å². The maximum Gasteiger partial charge on any atom is 0.237 e. The van der Waals surface area contributed by atoms with E-state index in [1.807, 2.05) is 12.1 Å². The Labute approximate surface area is 150 Å². The van der Waals surface area contributed by atoms with Crippen molar-refractivity contribution in [2.24, 2.45) is 0 Å². The quantitative estimate of drug-likeness (QED) is 0.915. The van der Waals surface area contributed by atoms with Gasteiger partial charge in [-0.05, 0) is 57.9 Å². The smallest absolute Gasteiger partial charge is 0.237 e. The van der Waals surface area contributed by atoms with Gasteiger partial charge in [0.25, 0.3) is 0 Å².